The van der Waals surface area contributed by atoms with E-state index in [4.69, 9.17) is 0 Å². The number of carbonyl (C=O) groups is 2. The first-order valence-corrected chi connectivity index (χ1v) is 9.53. The Morgan fingerprint density at radius 3 is 2.52 bits per heavy atom. The summed E-state index contributed by atoms with van der Waals surface area (Å²) in [6, 6.07) is 15.6. The third kappa shape index (κ3) is 5.24. The number of aryl methyl sites for hydroxylation is 1. The van der Waals surface area contributed by atoms with E-state index in [2.05, 4.69) is 15.6 Å². The van der Waals surface area contributed by atoms with E-state index in [0.29, 0.717) is 6.54 Å². The SMILES string of the molecule is CC(=O)NCc1ccc(-c2csc(CC(=O)Nc3ccccc3C)n2)cc1. The van der Waals surface area contributed by atoms with Gasteiger partial charge in [0.05, 0.1) is 12.1 Å². The molecule has 27 heavy (non-hydrogen) atoms. The second-order valence-electron chi connectivity index (χ2n) is 6.27. The van der Waals surface area contributed by atoms with Gasteiger partial charge >= 0.3 is 0 Å². The Balaban J connectivity index is 1.62. The summed E-state index contributed by atoms with van der Waals surface area (Å²) in [5, 5.41) is 8.44. The van der Waals surface area contributed by atoms with Crippen LogP contribution in [0.1, 0.15) is 23.1 Å². The quantitative estimate of drug-likeness (QED) is 0.682. The van der Waals surface area contributed by atoms with Crippen LogP contribution in [0.15, 0.2) is 53.9 Å². The van der Waals surface area contributed by atoms with Crippen LogP contribution in [0.25, 0.3) is 11.3 Å². The summed E-state index contributed by atoms with van der Waals surface area (Å²) in [5.41, 5.74) is 4.73. The van der Waals surface area contributed by atoms with Gasteiger partial charge in [-0.15, -0.1) is 11.3 Å². The summed E-state index contributed by atoms with van der Waals surface area (Å²) < 4.78 is 0. The molecule has 3 aromatic rings. The molecule has 0 saturated carbocycles. The van der Waals surface area contributed by atoms with Crippen LogP contribution in [-0.4, -0.2) is 16.8 Å². The Morgan fingerprint density at radius 1 is 1.07 bits per heavy atom. The van der Waals surface area contributed by atoms with Gasteiger partial charge in [-0.3, -0.25) is 9.59 Å². The summed E-state index contributed by atoms with van der Waals surface area (Å²) in [5.74, 6) is -0.122. The van der Waals surface area contributed by atoms with Crippen LogP contribution in [0.2, 0.25) is 0 Å². The first kappa shape index (κ1) is 18.8. The van der Waals surface area contributed by atoms with E-state index in [-0.39, 0.29) is 18.2 Å². The summed E-state index contributed by atoms with van der Waals surface area (Å²) in [4.78, 5) is 27.8. The largest absolute Gasteiger partial charge is 0.352 e. The van der Waals surface area contributed by atoms with Crippen LogP contribution in [0.3, 0.4) is 0 Å². The molecule has 0 fully saturated rings. The molecule has 1 heterocycles. The van der Waals surface area contributed by atoms with Gasteiger partial charge in [-0.05, 0) is 24.1 Å². The molecule has 2 aromatic carbocycles. The molecule has 0 aliphatic heterocycles. The van der Waals surface area contributed by atoms with Gasteiger partial charge in [0.25, 0.3) is 0 Å². The standard InChI is InChI=1S/C21H21N3O2S/c1-14-5-3-4-6-18(14)23-20(26)11-21-24-19(13-27-21)17-9-7-16(8-10-17)12-22-15(2)25/h3-10,13H,11-12H2,1-2H3,(H,22,25)(H,23,26). The zero-order valence-electron chi connectivity index (χ0n) is 15.3. The van der Waals surface area contributed by atoms with Crippen LogP contribution < -0.4 is 10.6 Å². The lowest BCUT2D eigenvalue weighted by atomic mass is 10.1. The number of aromatic nitrogens is 1. The summed E-state index contributed by atoms with van der Waals surface area (Å²) in [6.07, 6.45) is 0.250. The molecule has 6 heteroatoms. The van der Waals surface area contributed by atoms with E-state index in [1.807, 2.05) is 60.8 Å². The second-order valence-corrected chi connectivity index (χ2v) is 7.22. The lowest BCUT2D eigenvalue weighted by molar-refractivity contribution is -0.119. The molecule has 2 amide bonds. The lowest BCUT2D eigenvalue weighted by Gasteiger charge is -2.06. The van der Waals surface area contributed by atoms with Crippen LogP contribution >= 0.6 is 11.3 Å². The van der Waals surface area contributed by atoms with E-state index in [0.717, 1.165) is 33.1 Å². The maximum absolute atomic E-state index is 12.3. The first-order chi connectivity index (χ1) is 13.0. The molecule has 5 nitrogen and oxygen atoms in total. The van der Waals surface area contributed by atoms with Gasteiger partial charge in [-0.1, -0.05) is 42.5 Å². The number of rotatable bonds is 6. The number of nitrogens with zero attached hydrogens (tertiary/aromatic N) is 1. The molecule has 0 bridgehead atoms. The molecular formula is C21H21N3O2S. The Labute approximate surface area is 162 Å². The van der Waals surface area contributed by atoms with Gasteiger partial charge in [-0.25, -0.2) is 4.98 Å². The molecule has 1 aromatic heterocycles. The van der Waals surface area contributed by atoms with Gasteiger partial charge < -0.3 is 10.6 Å². The molecule has 0 radical (unpaired) electrons. The van der Waals surface area contributed by atoms with Crippen molar-refractivity contribution in [1.82, 2.24) is 10.3 Å². The van der Waals surface area contributed by atoms with Crippen molar-refractivity contribution in [3.05, 3.63) is 70.0 Å². The highest BCUT2D eigenvalue weighted by molar-refractivity contribution is 7.10. The topological polar surface area (TPSA) is 71.1 Å². The number of benzene rings is 2. The Hall–Kier alpha value is -2.99. The van der Waals surface area contributed by atoms with Crippen molar-refractivity contribution in [2.75, 3.05) is 5.32 Å². The lowest BCUT2D eigenvalue weighted by Crippen LogP contribution is -2.18. The number of anilines is 1. The van der Waals surface area contributed by atoms with Crippen LogP contribution in [0, 0.1) is 6.92 Å². The van der Waals surface area contributed by atoms with Crippen molar-refractivity contribution in [3.8, 4) is 11.3 Å². The summed E-state index contributed by atoms with van der Waals surface area (Å²) >= 11 is 1.48. The Kier molecular flexibility index (Phi) is 5.98. The van der Waals surface area contributed by atoms with E-state index in [9.17, 15) is 9.59 Å². The number of carbonyl (C=O) groups excluding carboxylic acids is 2. The van der Waals surface area contributed by atoms with Crippen molar-refractivity contribution < 1.29 is 9.59 Å². The zero-order valence-corrected chi connectivity index (χ0v) is 16.1. The monoisotopic (exact) mass is 379 g/mol. The van der Waals surface area contributed by atoms with Crippen molar-refractivity contribution in [1.29, 1.82) is 0 Å². The molecule has 3 rings (SSSR count). The van der Waals surface area contributed by atoms with Crippen molar-refractivity contribution >= 4 is 28.8 Å². The minimum absolute atomic E-state index is 0.0489. The van der Waals surface area contributed by atoms with E-state index in [1.54, 1.807) is 0 Å². The molecule has 0 saturated heterocycles. The molecule has 138 valence electrons. The summed E-state index contributed by atoms with van der Waals surface area (Å²) in [6.45, 7) is 3.98. The van der Waals surface area contributed by atoms with Gasteiger partial charge in [0.1, 0.15) is 5.01 Å². The van der Waals surface area contributed by atoms with Crippen molar-refractivity contribution in [2.45, 2.75) is 26.8 Å². The number of amides is 2. The Morgan fingerprint density at radius 2 is 1.81 bits per heavy atom. The molecule has 0 atom stereocenters. The zero-order chi connectivity index (χ0) is 19.2. The molecule has 2 N–H and O–H groups in total. The first-order valence-electron chi connectivity index (χ1n) is 8.65. The van der Waals surface area contributed by atoms with Gasteiger partial charge in [0.15, 0.2) is 0 Å². The normalized spacial score (nSPS) is 10.4. The fourth-order valence-corrected chi connectivity index (χ4v) is 3.39. The average molecular weight is 379 g/mol. The van der Waals surface area contributed by atoms with Crippen molar-refractivity contribution in [3.63, 3.8) is 0 Å². The van der Waals surface area contributed by atoms with Gasteiger partial charge in [-0.2, -0.15) is 0 Å². The third-order valence-corrected chi connectivity index (χ3v) is 4.92. The Bertz CT molecular complexity index is 948. The van der Waals surface area contributed by atoms with E-state index >= 15 is 0 Å². The molecule has 0 aliphatic rings. The highest BCUT2D eigenvalue weighted by Gasteiger charge is 2.10. The van der Waals surface area contributed by atoms with Crippen LogP contribution in [-0.2, 0) is 22.6 Å². The fraction of sp³-hybridized carbons (Fsp3) is 0.190. The highest BCUT2D eigenvalue weighted by Crippen LogP contribution is 2.23. The minimum atomic E-state index is -0.0733. The van der Waals surface area contributed by atoms with E-state index < -0.39 is 0 Å². The predicted molar refractivity (Wildman–Crippen MR) is 109 cm³/mol. The fourth-order valence-electron chi connectivity index (χ4n) is 2.59. The highest BCUT2D eigenvalue weighted by atomic mass is 32.1. The van der Waals surface area contributed by atoms with Crippen LogP contribution in [0.5, 0.6) is 0 Å². The van der Waals surface area contributed by atoms with Crippen molar-refractivity contribution in [2.24, 2.45) is 0 Å². The van der Waals surface area contributed by atoms with Gasteiger partial charge in [0, 0.05) is 30.1 Å². The molecule has 0 unspecified atom stereocenters. The third-order valence-electron chi connectivity index (χ3n) is 4.07. The maximum atomic E-state index is 12.3. The number of para-hydroxylation sites is 1. The second kappa shape index (κ2) is 8.60. The number of nitrogens with one attached hydrogen (secondary N) is 2. The minimum Gasteiger partial charge on any atom is -0.352 e. The van der Waals surface area contributed by atoms with Gasteiger partial charge in [0.2, 0.25) is 11.8 Å². The van der Waals surface area contributed by atoms with E-state index in [1.165, 1.54) is 18.3 Å². The predicted octanol–water partition coefficient (Wildman–Crippen LogP) is 3.94. The molecule has 0 spiro atoms. The number of hydrogen-bond acceptors (Lipinski definition) is 4. The maximum Gasteiger partial charge on any atom is 0.231 e. The molecule has 0 aliphatic carbocycles. The van der Waals surface area contributed by atoms with Crippen LogP contribution in [0.4, 0.5) is 5.69 Å². The summed E-state index contributed by atoms with van der Waals surface area (Å²) in [7, 11) is 0. The average Bonchev–Trinajstić information content (AvgIpc) is 3.10. The molecular weight excluding hydrogens is 358 g/mol. The number of thiazole rings is 1. The number of hydrogen-bond donors (Lipinski definition) is 2. The smallest absolute Gasteiger partial charge is 0.231 e.